The maximum Gasteiger partial charge on any atom is 0.352 e. The molecule has 7 nitrogen and oxygen atoms in total. The van der Waals surface area contributed by atoms with E-state index < -0.39 is 16.0 Å². The van der Waals surface area contributed by atoms with Crippen LogP contribution in [0.5, 0.6) is 0 Å². The van der Waals surface area contributed by atoms with Crippen molar-refractivity contribution in [3.8, 4) is 0 Å². The lowest BCUT2D eigenvalue weighted by atomic mass is 10.4. The van der Waals surface area contributed by atoms with Gasteiger partial charge in [0, 0.05) is 12.7 Å². The molecule has 0 aliphatic carbocycles. The molecule has 0 amide bonds. The zero-order valence-electron chi connectivity index (χ0n) is 7.60. The molecule has 0 bridgehead atoms. The molecule has 0 spiro atoms. The second-order valence-corrected chi connectivity index (χ2v) is 4.44. The number of carbonyl (C=O) groups is 1. The van der Waals surface area contributed by atoms with E-state index in [0.29, 0.717) is 0 Å². The minimum Gasteiger partial charge on any atom is -0.477 e. The number of aromatic amines is 1. The molecule has 4 N–H and O–H groups in total. The van der Waals surface area contributed by atoms with Crippen molar-refractivity contribution in [3.05, 3.63) is 18.0 Å². The molecule has 0 aliphatic rings. The fourth-order valence-corrected chi connectivity index (χ4v) is 1.93. The Bertz CT molecular complexity index is 450. The van der Waals surface area contributed by atoms with Gasteiger partial charge < -0.3 is 15.2 Å². The minimum atomic E-state index is -3.74. The Balaban J connectivity index is 2.91. The van der Waals surface area contributed by atoms with Gasteiger partial charge >= 0.3 is 5.97 Å². The van der Waals surface area contributed by atoms with Crippen LogP contribution in [0.4, 0.5) is 0 Å². The van der Waals surface area contributed by atoms with Crippen LogP contribution in [0.3, 0.4) is 0 Å². The SMILES string of the molecule is O=C(O)c1cc(S(=O)(=O)NCCO)c[nH]1. The quantitative estimate of drug-likeness (QED) is 0.520. The number of carboxylic acid groups (broad SMARTS) is 1. The Hall–Kier alpha value is -1.38. The van der Waals surface area contributed by atoms with Crippen LogP contribution in [0, 0.1) is 0 Å². The van der Waals surface area contributed by atoms with Gasteiger partial charge in [-0.05, 0) is 6.07 Å². The number of carboxylic acids is 1. The van der Waals surface area contributed by atoms with Gasteiger partial charge in [0.25, 0.3) is 0 Å². The highest BCUT2D eigenvalue weighted by Gasteiger charge is 2.17. The van der Waals surface area contributed by atoms with E-state index in [9.17, 15) is 13.2 Å². The number of aliphatic hydroxyl groups is 1. The highest BCUT2D eigenvalue weighted by molar-refractivity contribution is 7.89. The molecule has 0 saturated carbocycles. The topological polar surface area (TPSA) is 119 Å². The molecule has 0 saturated heterocycles. The summed E-state index contributed by atoms with van der Waals surface area (Å²) < 4.78 is 24.9. The molecule has 1 rings (SSSR count). The summed E-state index contributed by atoms with van der Waals surface area (Å²) in [6.07, 6.45) is 1.07. The lowest BCUT2D eigenvalue weighted by molar-refractivity contribution is 0.0691. The van der Waals surface area contributed by atoms with E-state index >= 15 is 0 Å². The maximum absolute atomic E-state index is 11.4. The standard InChI is InChI=1S/C7H10N2O5S/c10-2-1-9-15(13,14)5-3-6(7(11)12)8-4-5/h3-4,8-10H,1-2H2,(H,11,12). The van der Waals surface area contributed by atoms with Crippen molar-refractivity contribution in [2.24, 2.45) is 0 Å². The van der Waals surface area contributed by atoms with E-state index in [-0.39, 0.29) is 23.7 Å². The molecule has 15 heavy (non-hydrogen) atoms. The number of nitrogens with one attached hydrogen (secondary N) is 2. The summed E-state index contributed by atoms with van der Waals surface area (Å²) in [6, 6.07) is 1.00. The van der Waals surface area contributed by atoms with Crippen LogP contribution in [-0.2, 0) is 10.0 Å². The van der Waals surface area contributed by atoms with Gasteiger partial charge in [0.2, 0.25) is 10.0 Å². The van der Waals surface area contributed by atoms with Crippen LogP contribution >= 0.6 is 0 Å². The lowest BCUT2D eigenvalue weighted by Crippen LogP contribution is -2.26. The second kappa shape index (κ2) is 4.43. The number of hydrogen-bond acceptors (Lipinski definition) is 4. The fraction of sp³-hybridized carbons (Fsp3) is 0.286. The van der Waals surface area contributed by atoms with Crippen LogP contribution in [0.1, 0.15) is 10.5 Å². The first-order valence-corrected chi connectivity index (χ1v) is 5.48. The first kappa shape index (κ1) is 11.7. The van der Waals surface area contributed by atoms with Crippen molar-refractivity contribution in [1.29, 1.82) is 0 Å². The van der Waals surface area contributed by atoms with Gasteiger partial charge in [0.1, 0.15) is 10.6 Å². The molecule has 1 aromatic heterocycles. The number of aromatic carboxylic acids is 1. The molecule has 0 unspecified atom stereocenters. The molecule has 1 heterocycles. The summed E-state index contributed by atoms with van der Waals surface area (Å²) in [5.74, 6) is -1.24. The van der Waals surface area contributed by atoms with Gasteiger partial charge in [-0.1, -0.05) is 0 Å². The Morgan fingerprint density at radius 3 is 2.67 bits per heavy atom. The predicted octanol–water partition coefficient (Wildman–Crippen LogP) is -1.02. The van der Waals surface area contributed by atoms with Crippen molar-refractivity contribution < 1.29 is 23.4 Å². The average Bonchev–Trinajstić information content (AvgIpc) is 2.64. The number of aliphatic hydroxyl groups excluding tert-OH is 1. The van der Waals surface area contributed by atoms with E-state index in [1.165, 1.54) is 0 Å². The van der Waals surface area contributed by atoms with Gasteiger partial charge in [0.15, 0.2) is 0 Å². The number of sulfonamides is 1. The highest BCUT2D eigenvalue weighted by atomic mass is 32.2. The summed E-state index contributed by atoms with van der Waals surface area (Å²) in [5.41, 5.74) is -0.209. The van der Waals surface area contributed by atoms with Crippen molar-refractivity contribution in [2.45, 2.75) is 4.90 Å². The third-order valence-corrected chi connectivity index (χ3v) is 3.04. The predicted molar refractivity (Wildman–Crippen MR) is 50.0 cm³/mol. The maximum atomic E-state index is 11.4. The van der Waals surface area contributed by atoms with Gasteiger partial charge in [-0.2, -0.15) is 0 Å². The molecule has 0 aliphatic heterocycles. The molecule has 84 valence electrons. The van der Waals surface area contributed by atoms with E-state index in [4.69, 9.17) is 10.2 Å². The fourth-order valence-electron chi connectivity index (χ4n) is 0.916. The Morgan fingerprint density at radius 1 is 1.53 bits per heavy atom. The largest absolute Gasteiger partial charge is 0.477 e. The molecule has 0 aromatic carbocycles. The van der Waals surface area contributed by atoms with E-state index in [1.807, 2.05) is 0 Å². The third kappa shape index (κ3) is 2.78. The first-order valence-electron chi connectivity index (χ1n) is 3.99. The van der Waals surface area contributed by atoms with E-state index in [1.54, 1.807) is 0 Å². The van der Waals surface area contributed by atoms with Gasteiger partial charge in [-0.25, -0.2) is 17.9 Å². The zero-order chi connectivity index (χ0) is 11.5. The normalized spacial score (nSPS) is 11.5. The number of aromatic nitrogens is 1. The van der Waals surface area contributed by atoms with Crippen LogP contribution in [0.2, 0.25) is 0 Å². The molecular formula is C7H10N2O5S. The van der Waals surface area contributed by atoms with Crippen LogP contribution < -0.4 is 4.72 Å². The van der Waals surface area contributed by atoms with E-state index in [2.05, 4.69) is 9.71 Å². The molecule has 0 fully saturated rings. The van der Waals surface area contributed by atoms with Crippen LogP contribution in [0.25, 0.3) is 0 Å². The molecule has 0 atom stereocenters. The Labute approximate surface area is 85.8 Å². The number of hydrogen-bond donors (Lipinski definition) is 4. The van der Waals surface area contributed by atoms with Crippen molar-refractivity contribution in [3.63, 3.8) is 0 Å². The van der Waals surface area contributed by atoms with Crippen molar-refractivity contribution in [1.82, 2.24) is 9.71 Å². The summed E-state index contributed by atoms with van der Waals surface area (Å²) in [4.78, 5) is 12.6. The summed E-state index contributed by atoms with van der Waals surface area (Å²) >= 11 is 0. The highest BCUT2D eigenvalue weighted by Crippen LogP contribution is 2.09. The van der Waals surface area contributed by atoms with E-state index in [0.717, 1.165) is 12.3 Å². The molecule has 1 aromatic rings. The monoisotopic (exact) mass is 234 g/mol. The lowest BCUT2D eigenvalue weighted by Gasteiger charge is -2.01. The summed E-state index contributed by atoms with van der Waals surface area (Å²) in [7, 11) is -3.74. The average molecular weight is 234 g/mol. The van der Waals surface area contributed by atoms with Gasteiger partial charge in [0.05, 0.1) is 6.61 Å². The van der Waals surface area contributed by atoms with Crippen molar-refractivity contribution in [2.75, 3.05) is 13.2 Å². The first-order chi connectivity index (χ1) is 6.97. The molecular weight excluding hydrogens is 224 g/mol. The Morgan fingerprint density at radius 2 is 2.20 bits per heavy atom. The molecule has 8 heteroatoms. The molecule has 0 radical (unpaired) electrons. The zero-order valence-corrected chi connectivity index (χ0v) is 8.41. The smallest absolute Gasteiger partial charge is 0.352 e. The Kier molecular flexibility index (Phi) is 3.45. The second-order valence-electron chi connectivity index (χ2n) is 2.68. The van der Waals surface area contributed by atoms with Crippen LogP contribution in [0.15, 0.2) is 17.2 Å². The number of H-pyrrole nitrogens is 1. The van der Waals surface area contributed by atoms with Gasteiger partial charge in [-0.3, -0.25) is 0 Å². The van der Waals surface area contributed by atoms with Crippen molar-refractivity contribution >= 4 is 16.0 Å². The number of rotatable bonds is 5. The van der Waals surface area contributed by atoms with Crippen LogP contribution in [-0.4, -0.2) is 42.7 Å². The minimum absolute atomic E-state index is 0.115. The summed E-state index contributed by atoms with van der Waals surface area (Å²) in [5, 5.41) is 17.0. The van der Waals surface area contributed by atoms with Gasteiger partial charge in [-0.15, -0.1) is 0 Å². The third-order valence-electron chi connectivity index (χ3n) is 1.60. The summed E-state index contributed by atoms with van der Waals surface area (Å²) in [6.45, 7) is -0.439.